The van der Waals surface area contributed by atoms with Crippen LogP contribution in [0.4, 0.5) is 4.79 Å². The van der Waals surface area contributed by atoms with Gasteiger partial charge in [0.05, 0.1) is 6.54 Å². The lowest BCUT2D eigenvalue weighted by Gasteiger charge is -2.42. The van der Waals surface area contributed by atoms with Crippen molar-refractivity contribution in [1.29, 1.82) is 0 Å². The molecule has 1 aliphatic heterocycles. The summed E-state index contributed by atoms with van der Waals surface area (Å²) in [5.41, 5.74) is -3.12. The smallest absolute Gasteiger partial charge is 0.337 e. The quantitative estimate of drug-likeness (QED) is 0.660. The number of nitrogens with one attached hydrogen (secondary N) is 1. The SMILES string of the molecule is CC1CCCC(C)C12NC(=O)N(CC(C)(O)C(=O)O)C2=O. The fourth-order valence-electron chi connectivity index (χ4n) is 3.47. The van der Waals surface area contributed by atoms with E-state index in [1.807, 2.05) is 13.8 Å². The van der Waals surface area contributed by atoms with E-state index in [9.17, 15) is 19.5 Å². The highest BCUT2D eigenvalue weighted by atomic mass is 16.4. The fourth-order valence-corrected chi connectivity index (χ4v) is 3.47. The van der Waals surface area contributed by atoms with Crippen molar-refractivity contribution in [1.82, 2.24) is 10.2 Å². The summed E-state index contributed by atoms with van der Waals surface area (Å²) >= 11 is 0. The van der Waals surface area contributed by atoms with E-state index < -0.39 is 35.6 Å². The number of hydrogen-bond acceptors (Lipinski definition) is 4. The van der Waals surface area contributed by atoms with E-state index in [2.05, 4.69) is 5.32 Å². The van der Waals surface area contributed by atoms with Crippen LogP contribution in [0.2, 0.25) is 0 Å². The Labute approximate surface area is 123 Å². The molecule has 7 heteroatoms. The number of β-amino-alcohol motifs (C(OH)–C–C–N with tert-alkyl or cyclic N) is 1. The molecular formula is C14H22N2O5. The normalized spacial score (nSPS) is 35.7. The Morgan fingerprint density at radius 3 is 2.38 bits per heavy atom. The van der Waals surface area contributed by atoms with Crippen molar-refractivity contribution in [3.63, 3.8) is 0 Å². The van der Waals surface area contributed by atoms with Crippen molar-refractivity contribution < 1.29 is 24.6 Å². The summed E-state index contributed by atoms with van der Waals surface area (Å²) in [5.74, 6) is -1.92. The van der Waals surface area contributed by atoms with Gasteiger partial charge in [0.15, 0.2) is 5.60 Å². The van der Waals surface area contributed by atoms with E-state index in [1.54, 1.807) is 0 Å². The van der Waals surface area contributed by atoms with E-state index in [0.29, 0.717) is 0 Å². The molecule has 0 aromatic carbocycles. The summed E-state index contributed by atoms with van der Waals surface area (Å²) < 4.78 is 0. The number of urea groups is 1. The monoisotopic (exact) mass is 298 g/mol. The summed E-state index contributed by atoms with van der Waals surface area (Å²) in [6.07, 6.45) is 2.67. The van der Waals surface area contributed by atoms with Gasteiger partial charge in [0.2, 0.25) is 0 Å². The average molecular weight is 298 g/mol. The number of carbonyl (C=O) groups excluding carboxylic acids is 2. The zero-order chi connectivity index (χ0) is 16.0. The molecule has 1 heterocycles. The van der Waals surface area contributed by atoms with Gasteiger partial charge in [-0.05, 0) is 31.6 Å². The number of hydrogen-bond donors (Lipinski definition) is 3. The minimum absolute atomic E-state index is 0.0162. The summed E-state index contributed by atoms with van der Waals surface area (Å²) in [4.78, 5) is 36.7. The molecule has 3 unspecified atom stereocenters. The second-order valence-corrected chi connectivity index (χ2v) is 6.50. The molecule has 0 aromatic rings. The highest BCUT2D eigenvalue weighted by molar-refractivity contribution is 6.08. The maximum Gasteiger partial charge on any atom is 0.337 e. The van der Waals surface area contributed by atoms with Crippen LogP contribution in [-0.2, 0) is 9.59 Å². The first kappa shape index (κ1) is 15.8. The van der Waals surface area contributed by atoms with Gasteiger partial charge < -0.3 is 15.5 Å². The van der Waals surface area contributed by atoms with Gasteiger partial charge in [-0.2, -0.15) is 0 Å². The lowest BCUT2D eigenvalue weighted by Crippen LogP contribution is -2.59. The Kier molecular flexibility index (Phi) is 3.73. The fraction of sp³-hybridized carbons (Fsp3) is 0.786. The van der Waals surface area contributed by atoms with Crippen LogP contribution < -0.4 is 5.32 Å². The summed E-state index contributed by atoms with van der Waals surface area (Å²) in [6.45, 7) is 4.38. The zero-order valence-electron chi connectivity index (χ0n) is 12.5. The maximum absolute atomic E-state index is 12.8. The number of carbonyl (C=O) groups is 3. The number of carboxylic acids is 1. The highest BCUT2D eigenvalue weighted by Crippen LogP contribution is 2.42. The van der Waals surface area contributed by atoms with Gasteiger partial charge in [-0.3, -0.25) is 9.69 Å². The van der Waals surface area contributed by atoms with Gasteiger partial charge in [0, 0.05) is 0 Å². The number of nitrogens with zero attached hydrogens (tertiary/aromatic N) is 1. The van der Waals surface area contributed by atoms with Crippen LogP contribution in [0.3, 0.4) is 0 Å². The van der Waals surface area contributed by atoms with Gasteiger partial charge in [-0.1, -0.05) is 20.3 Å². The third-order valence-electron chi connectivity index (χ3n) is 4.91. The molecule has 2 fully saturated rings. The summed E-state index contributed by atoms with van der Waals surface area (Å²) in [5, 5.41) is 21.6. The zero-order valence-corrected chi connectivity index (χ0v) is 12.5. The first-order valence-electron chi connectivity index (χ1n) is 7.23. The minimum atomic E-state index is -2.15. The van der Waals surface area contributed by atoms with E-state index in [-0.39, 0.29) is 11.8 Å². The number of imide groups is 1. The molecule has 0 radical (unpaired) electrons. The number of aliphatic hydroxyl groups is 1. The number of amides is 3. The van der Waals surface area contributed by atoms with Crippen molar-refractivity contribution in [2.45, 2.75) is 51.2 Å². The van der Waals surface area contributed by atoms with Crippen molar-refractivity contribution in [3.8, 4) is 0 Å². The number of rotatable bonds is 3. The molecule has 7 nitrogen and oxygen atoms in total. The Bertz CT molecular complexity index is 478. The van der Waals surface area contributed by atoms with Crippen molar-refractivity contribution in [2.75, 3.05) is 6.54 Å². The molecule has 1 spiro atoms. The molecule has 2 aliphatic rings. The second kappa shape index (κ2) is 4.98. The summed E-state index contributed by atoms with van der Waals surface area (Å²) in [7, 11) is 0. The first-order chi connectivity index (χ1) is 9.63. The predicted molar refractivity (Wildman–Crippen MR) is 73.4 cm³/mol. The Morgan fingerprint density at radius 2 is 1.90 bits per heavy atom. The van der Waals surface area contributed by atoms with Gasteiger partial charge in [-0.15, -0.1) is 0 Å². The van der Waals surface area contributed by atoms with Crippen LogP contribution in [0.15, 0.2) is 0 Å². The second-order valence-electron chi connectivity index (χ2n) is 6.50. The molecule has 1 aliphatic carbocycles. The van der Waals surface area contributed by atoms with Crippen LogP contribution in [0.25, 0.3) is 0 Å². The van der Waals surface area contributed by atoms with Gasteiger partial charge >= 0.3 is 12.0 Å². The average Bonchev–Trinajstić information content (AvgIpc) is 2.62. The molecule has 3 amide bonds. The number of aliphatic carboxylic acids is 1. The predicted octanol–water partition coefficient (Wildman–Crippen LogP) is 0.569. The Balaban J connectivity index is 2.30. The van der Waals surface area contributed by atoms with Crippen molar-refractivity contribution in [3.05, 3.63) is 0 Å². The molecule has 1 saturated heterocycles. The highest BCUT2D eigenvalue weighted by Gasteiger charge is 2.59. The minimum Gasteiger partial charge on any atom is -0.479 e. The molecular weight excluding hydrogens is 276 g/mol. The van der Waals surface area contributed by atoms with Crippen molar-refractivity contribution in [2.24, 2.45) is 11.8 Å². The molecule has 0 aromatic heterocycles. The molecule has 118 valence electrons. The topological polar surface area (TPSA) is 107 Å². The molecule has 3 N–H and O–H groups in total. The van der Waals surface area contributed by atoms with Gasteiger partial charge in [-0.25, -0.2) is 9.59 Å². The molecule has 21 heavy (non-hydrogen) atoms. The third kappa shape index (κ3) is 2.29. The van der Waals surface area contributed by atoms with E-state index >= 15 is 0 Å². The molecule has 3 atom stereocenters. The Morgan fingerprint density at radius 1 is 1.38 bits per heavy atom. The van der Waals surface area contributed by atoms with E-state index in [4.69, 9.17) is 5.11 Å². The Hall–Kier alpha value is -1.63. The van der Waals surface area contributed by atoms with Gasteiger partial charge in [0.25, 0.3) is 5.91 Å². The van der Waals surface area contributed by atoms with Crippen molar-refractivity contribution >= 4 is 17.9 Å². The van der Waals surface area contributed by atoms with E-state index in [1.165, 1.54) is 0 Å². The molecule has 2 rings (SSSR count). The first-order valence-corrected chi connectivity index (χ1v) is 7.23. The standard InChI is InChI=1S/C14H22N2O5/c1-8-5-4-6-9(2)14(8)10(17)16(12(20)15-14)7-13(3,21)11(18)19/h8-9,21H,4-7H2,1-3H3,(H,15,20)(H,18,19). The maximum atomic E-state index is 12.8. The number of carboxylic acid groups (broad SMARTS) is 1. The van der Waals surface area contributed by atoms with Crippen LogP contribution in [0.5, 0.6) is 0 Å². The van der Waals surface area contributed by atoms with Crippen LogP contribution in [-0.4, -0.2) is 50.7 Å². The lowest BCUT2D eigenvalue weighted by atomic mass is 9.67. The molecule has 0 bridgehead atoms. The van der Waals surface area contributed by atoms with Crippen LogP contribution in [0.1, 0.15) is 40.0 Å². The molecule has 1 saturated carbocycles. The van der Waals surface area contributed by atoms with Crippen LogP contribution in [0, 0.1) is 11.8 Å². The summed E-state index contributed by atoms with van der Waals surface area (Å²) in [6, 6.07) is -0.623. The van der Waals surface area contributed by atoms with Crippen LogP contribution >= 0.6 is 0 Å². The third-order valence-corrected chi connectivity index (χ3v) is 4.91. The largest absolute Gasteiger partial charge is 0.479 e. The van der Waals surface area contributed by atoms with E-state index in [0.717, 1.165) is 31.1 Å². The lowest BCUT2D eigenvalue weighted by molar-refractivity contribution is -0.159. The van der Waals surface area contributed by atoms with Gasteiger partial charge in [0.1, 0.15) is 5.54 Å².